The average Bonchev–Trinajstić information content (AvgIpc) is 3.06. The first-order valence-electron chi connectivity index (χ1n) is 9.15. The fourth-order valence-electron chi connectivity index (χ4n) is 3.33. The number of anilines is 2. The van der Waals surface area contributed by atoms with E-state index in [1.165, 1.54) is 4.31 Å². The topological polar surface area (TPSA) is 82.6 Å². The van der Waals surface area contributed by atoms with Crippen LogP contribution in [0.3, 0.4) is 0 Å². The second-order valence-electron chi connectivity index (χ2n) is 6.44. The third-order valence-electron chi connectivity index (χ3n) is 4.75. The van der Waals surface area contributed by atoms with Crippen molar-refractivity contribution >= 4 is 38.9 Å². The van der Waals surface area contributed by atoms with Crippen LogP contribution in [-0.4, -0.2) is 49.8 Å². The number of sulfonamides is 1. The molecule has 0 bridgehead atoms. The lowest BCUT2D eigenvalue weighted by molar-refractivity contribution is -0.115. The van der Waals surface area contributed by atoms with Crippen molar-refractivity contribution in [1.29, 1.82) is 0 Å². The van der Waals surface area contributed by atoms with Crippen LogP contribution in [0, 0.1) is 0 Å². The molecule has 150 valence electrons. The lowest BCUT2D eigenvalue weighted by Crippen LogP contribution is -2.32. The van der Waals surface area contributed by atoms with Gasteiger partial charge in [-0.3, -0.25) is 4.79 Å². The van der Waals surface area contributed by atoms with E-state index >= 15 is 0 Å². The molecule has 0 aliphatic carbocycles. The Labute approximate surface area is 170 Å². The van der Waals surface area contributed by atoms with Crippen LogP contribution >= 0.6 is 11.6 Å². The maximum absolute atomic E-state index is 12.7. The summed E-state index contributed by atoms with van der Waals surface area (Å²) in [5.74, 6) is -0.206. The number of halogens is 1. The number of amides is 1. The van der Waals surface area contributed by atoms with Crippen LogP contribution in [0.4, 0.5) is 11.4 Å². The number of carbonyl (C=O) groups excluding carboxylic acids is 1. The van der Waals surface area contributed by atoms with E-state index in [0.717, 1.165) is 11.3 Å². The molecule has 3 rings (SSSR count). The predicted molar refractivity (Wildman–Crippen MR) is 110 cm³/mol. The Morgan fingerprint density at radius 3 is 2.71 bits per heavy atom. The Hall–Kier alpha value is -2.16. The molecule has 0 radical (unpaired) electrons. The van der Waals surface area contributed by atoms with Crippen molar-refractivity contribution in [3.8, 4) is 0 Å². The fourth-order valence-corrected chi connectivity index (χ4v) is 5.00. The molecule has 0 spiro atoms. The first-order chi connectivity index (χ1) is 13.4. The molecule has 0 saturated heterocycles. The summed E-state index contributed by atoms with van der Waals surface area (Å²) in [7, 11) is -3.49. The van der Waals surface area contributed by atoms with Gasteiger partial charge in [0.05, 0.1) is 17.1 Å². The van der Waals surface area contributed by atoms with Gasteiger partial charge in [0.15, 0.2) is 5.15 Å². The first-order valence-corrected chi connectivity index (χ1v) is 11.0. The van der Waals surface area contributed by atoms with Gasteiger partial charge in [0.1, 0.15) is 0 Å². The van der Waals surface area contributed by atoms with Crippen molar-refractivity contribution in [2.24, 2.45) is 0 Å². The van der Waals surface area contributed by atoms with Crippen LogP contribution < -0.4 is 10.2 Å². The summed E-state index contributed by atoms with van der Waals surface area (Å²) in [4.78, 5) is 18.5. The van der Waals surface area contributed by atoms with Gasteiger partial charge in [-0.15, -0.1) is 0 Å². The minimum absolute atomic E-state index is 0.153. The summed E-state index contributed by atoms with van der Waals surface area (Å²) in [5, 5.41) is 3.00. The number of nitrogens with zero attached hydrogens (tertiary/aromatic N) is 3. The summed E-state index contributed by atoms with van der Waals surface area (Å²) in [5.41, 5.74) is 2.28. The highest BCUT2D eigenvalue weighted by Crippen LogP contribution is 2.31. The van der Waals surface area contributed by atoms with Crippen LogP contribution in [-0.2, 0) is 21.2 Å². The molecule has 1 aromatic heterocycles. The van der Waals surface area contributed by atoms with Crippen molar-refractivity contribution in [3.05, 3.63) is 47.2 Å². The monoisotopic (exact) mass is 422 g/mol. The molecule has 1 aliphatic rings. The van der Waals surface area contributed by atoms with E-state index in [1.807, 2.05) is 18.7 Å². The number of nitrogens with one attached hydrogen (secondary N) is 1. The summed E-state index contributed by atoms with van der Waals surface area (Å²) in [6, 6.07) is 8.50. The fraction of sp³-hybridized carbons (Fsp3) is 0.368. The summed E-state index contributed by atoms with van der Waals surface area (Å²) in [6.45, 7) is 5.31. The maximum atomic E-state index is 12.7. The molecule has 2 aromatic rings. The molecule has 9 heteroatoms. The minimum Gasteiger partial charge on any atom is -0.362 e. The molecule has 1 aromatic carbocycles. The molecule has 2 heterocycles. The van der Waals surface area contributed by atoms with Gasteiger partial charge in [-0.2, -0.15) is 4.31 Å². The zero-order valence-corrected chi connectivity index (χ0v) is 17.4. The van der Waals surface area contributed by atoms with Crippen LogP contribution in [0.25, 0.3) is 0 Å². The van der Waals surface area contributed by atoms with E-state index < -0.39 is 10.0 Å². The second kappa shape index (κ2) is 8.46. The lowest BCUT2D eigenvalue weighted by atomic mass is 10.2. The number of hydrogen-bond donors (Lipinski definition) is 1. The SMILES string of the molecule is CCN(CC)S(=O)(=O)c1ccc2c(c1)CCN2CC(=O)Nc1cccnc1Cl. The van der Waals surface area contributed by atoms with E-state index in [1.54, 1.807) is 36.5 Å². The van der Waals surface area contributed by atoms with E-state index in [9.17, 15) is 13.2 Å². The first kappa shape index (κ1) is 20.6. The Morgan fingerprint density at radius 1 is 1.29 bits per heavy atom. The van der Waals surface area contributed by atoms with Crippen molar-refractivity contribution in [1.82, 2.24) is 9.29 Å². The number of aromatic nitrogens is 1. The molecule has 28 heavy (non-hydrogen) atoms. The van der Waals surface area contributed by atoms with Gasteiger partial charge < -0.3 is 10.2 Å². The summed E-state index contributed by atoms with van der Waals surface area (Å²) >= 11 is 5.98. The molecule has 0 fully saturated rings. The number of rotatable bonds is 7. The van der Waals surface area contributed by atoms with Crippen molar-refractivity contribution in [3.63, 3.8) is 0 Å². The van der Waals surface area contributed by atoms with E-state index in [0.29, 0.717) is 36.6 Å². The van der Waals surface area contributed by atoms with Crippen LogP contribution in [0.1, 0.15) is 19.4 Å². The molecule has 0 saturated carbocycles. The zero-order valence-electron chi connectivity index (χ0n) is 15.9. The van der Waals surface area contributed by atoms with Gasteiger partial charge in [0.2, 0.25) is 15.9 Å². The molecule has 0 unspecified atom stereocenters. The molecule has 1 aliphatic heterocycles. The Bertz CT molecular complexity index is 977. The normalized spacial score (nSPS) is 13.6. The molecule has 1 N–H and O–H groups in total. The molecular formula is C19H23ClN4O3S. The summed E-state index contributed by atoms with van der Waals surface area (Å²) < 4.78 is 26.9. The van der Waals surface area contributed by atoms with E-state index in [-0.39, 0.29) is 17.6 Å². The van der Waals surface area contributed by atoms with E-state index in [4.69, 9.17) is 11.6 Å². The third-order valence-corrected chi connectivity index (χ3v) is 7.10. The maximum Gasteiger partial charge on any atom is 0.243 e. The quantitative estimate of drug-likeness (QED) is 0.694. The molecule has 0 atom stereocenters. The van der Waals surface area contributed by atoms with Crippen molar-refractivity contribution in [2.75, 3.05) is 36.4 Å². The number of fused-ring (bicyclic) bond motifs is 1. The smallest absolute Gasteiger partial charge is 0.243 e. The highest BCUT2D eigenvalue weighted by atomic mass is 35.5. The molecule has 7 nitrogen and oxygen atoms in total. The Morgan fingerprint density at radius 2 is 2.04 bits per heavy atom. The van der Waals surface area contributed by atoms with Gasteiger partial charge in [-0.25, -0.2) is 13.4 Å². The van der Waals surface area contributed by atoms with Crippen molar-refractivity contribution in [2.45, 2.75) is 25.2 Å². The van der Waals surface area contributed by atoms with Crippen molar-refractivity contribution < 1.29 is 13.2 Å². The minimum atomic E-state index is -3.49. The average molecular weight is 423 g/mol. The van der Waals surface area contributed by atoms with Gasteiger partial charge in [-0.1, -0.05) is 25.4 Å². The van der Waals surface area contributed by atoms with Gasteiger partial charge in [-0.05, 0) is 42.3 Å². The predicted octanol–water partition coefficient (Wildman–Crippen LogP) is 2.77. The third kappa shape index (κ3) is 4.14. The number of pyridine rings is 1. The Balaban J connectivity index is 1.74. The summed E-state index contributed by atoms with van der Waals surface area (Å²) in [6.07, 6.45) is 2.25. The largest absolute Gasteiger partial charge is 0.362 e. The highest BCUT2D eigenvalue weighted by Gasteiger charge is 2.26. The van der Waals surface area contributed by atoms with E-state index in [2.05, 4.69) is 10.3 Å². The zero-order chi connectivity index (χ0) is 20.3. The second-order valence-corrected chi connectivity index (χ2v) is 8.74. The standard InChI is InChI=1S/C19H23ClN4O3S/c1-3-24(4-2)28(26,27)15-7-8-17-14(12-15)9-11-23(17)13-18(25)22-16-6-5-10-21-19(16)20/h5-8,10,12H,3-4,9,11,13H2,1-2H3,(H,22,25). The lowest BCUT2D eigenvalue weighted by Gasteiger charge is -2.21. The number of benzene rings is 1. The highest BCUT2D eigenvalue weighted by molar-refractivity contribution is 7.89. The van der Waals surface area contributed by atoms with Crippen LogP contribution in [0.5, 0.6) is 0 Å². The molecule has 1 amide bonds. The van der Waals surface area contributed by atoms with Gasteiger partial charge >= 0.3 is 0 Å². The molecular weight excluding hydrogens is 400 g/mol. The van der Waals surface area contributed by atoms with Gasteiger partial charge in [0.25, 0.3) is 0 Å². The number of hydrogen-bond acceptors (Lipinski definition) is 5. The van der Waals surface area contributed by atoms with Crippen LogP contribution in [0.15, 0.2) is 41.4 Å². The number of carbonyl (C=O) groups is 1. The van der Waals surface area contributed by atoms with Gasteiger partial charge in [0, 0.05) is 31.5 Å². The Kier molecular flexibility index (Phi) is 6.22. The van der Waals surface area contributed by atoms with Crippen LogP contribution in [0.2, 0.25) is 5.15 Å².